The highest BCUT2D eigenvalue weighted by Crippen LogP contribution is 2.26. The van der Waals surface area contributed by atoms with E-state index < -0.39 is 0 Å². The summed E-state index contributed by atoms with van der Waals surface area (Å²) in [5, 5.41) is 8.63. The molecular weight excluding hydrogens is 358 g/mol. The fraction of sp³-hybridized carbons (Fsp3) is 0.190. The van der Waals surface area contributed by atoms with Crippen LogP contribution in [-0.2, 0) is 13.1 Å². The van der Waals surface area contributed by atoms with E-state index in [2.05, 4.69) is 32.5 Å². The summed E-state index contributed by atoms with van der Waals surface area (Å²) in [6.07, 6.45) is 1.80. The molecule has 0 aliphatic heterocycles. The van der Waals surface area contributed by atoms with Crippen LogP contribution < -0.4 is 5.32 Å². The van der Waals surface area contributed by atoms with Gasteiger partial charge in [-0.1, -0.05) is 60.7 Å². The standard InChI is InChI=1S/C21H20ClN5/c1-15-25-20(23-12-16-8-4-2-5-9-16)18-13-24-27(21(18)26-15)14-19(22)17-10-6-3-7-11-17/h2-11,13,19H,12,14H2,1H3,(H,23,25,26). The van der Waals surface area contributed by atoms with E-state index in [0.29, 0.717) is 18.9 Å². The number of hydrogen-bond acceptors (Lipinski definition) is 4. The van der Waals surface area contributed by atoms with Crippen LogP contribution in [0.4, 0.5) is 5.82 Å². The van der Waals surface area contributed by atoms with Crippen LogP contribution in [0.1, 0.15) is 22.3 Å². The molecule has 27 heavy (non-hydrogen) atoms. The van der Waals surface area contributed by atoms with Gasteiger partial charge in [-0.15, -0.1) is 11.6 Å². The first-order valence-corrected chi connectivity index (χ1v) is 9.31. The maximum absolute atomic E-state index is 6.60. The third-order valence-electron chi connectivity index (χ3n) is 4.41. The van der Waals surface area contributed by atoms with Gasteiger partial charge in [0.25, 0.3) is 0 Å². The van der Waals surface area contributed by atoms with Gasteiger partial charge >= 0.3 is 0 Å². The number of aryl methyl sites for hydroxylation is 1. The number of halogens is 1. The van der Waals surface area contributed by atoms with Crippen molar-refractivity contribution in [3.05, 3.63) is 83.8 Å². The lowest BCUT2D eigenvalue weighted by molar-refractivity contribution is 0.615. The molecular formula is C21H20ClN5. The van der Waals surface area contributed by atoms with Crippen LogP contribution in [0.2, 0.25) is 0 Å². The van der Waals surface area contributed by atoms with Gasteiger partial charge in [0.1, 0.15) is 11.6 Å². The van der Waals surface area contributed by atoms with Gasteiger partial charge in [-0.25, -0.2) is 14.6 Å². The first-order valence-electron chi connectivity index (χ1n) is 8.87. The Morgan fingerprint density at radius 3 is 2.44 bits per heavy atom. The quantitative estimate of drug-likeness (QED) is 0.494. The van der Waals surface area contributed by atoms with E-state index in [9.17, 15) is 0 Å². The van der Waals surface area contributed by atoms with E-state index in [1.807, 2.05) is 60.1 Å². The number of fused-ring (bicyclic) bond motifs is 1. The predicted octanol–water partition coefficient (Wildman–Crippen LogP) is 4.73. The molecule has 6 heteroatoms. The molecule has 2 aromatic heterocycles. The van der Waals surface area contributed by atoms with Crippen molar-refractivity contribution in [3.63, 3.8) is 0 Å². The lowest BCUT2D eigenvalue weighted by Crippen LogP contribution is -2.08. The largest absolute Gasteiger partial charge is 0.365 e. The number of rotatable bonds is 6. The fourth-order valence-corrected chi connectivity index (χ4v) is 3.31. The number of anilines is 1. The maximum atomic E-state index is 6.60. The Hall–Kier alpha value is -2.92. The molecule has 136 valence electrons. The van der Waals surface area contributed by atoms with Gasteiger partial charge in [-0.3, -0.25) is 0 Å². The van der Waals surface area contributed by atoms with Crippen LogP contribution in [-0.4, -0.2) is 19.7 Å². The average Bonchev–Trinajstić information content (AvgIpc) is 3.10. The molecule has 4 aromatic rings. The van der Waals surface area contributed by atoms with Gasteiger partial charge in [0, 0.05) is 6.54 Å². The molecule has 0 fully saturated rings. The lowest BCUT2D eigenvalue weighted by Gasteiger charge is -2.11. The summed E-state index contributed by atoms with van der Waals surface area (Å²) in [7, 11) is 0. The van der Waals surface area contributed by atoms with Crippen molar-refractivity contribution in [1.82, 2.24) is 19.7 Å². The van der Waals surface area contributed by atoms with E-state index in [1.165, 1.54) is 5.56 Å². The maximum Gasteiger partial charge on any atom is 0.163 e. The van der Waals surface area contributed by atoms with Crippen molar-refractivity contribution in [2.45, 2.75) is 25.4 Å². The smallest absolute Gasteiger partial charge is 0.163 e. The normalized spacial score (nSPS) is 12.2. The van der Waals surface area contributed by atoms with E-state index in [1.54, 1.807) is 6.20 Å². The third-order valence-corrected chi connectivity index (χ3v) is 4.80. The summed E-state index contributed by atoms with van der Waals surface area (Å²) in [6.45, 7) is 3.13. The average molecular weight is 378 g/mol. The van der Waals surface area contributed by atoms with Crippen LogP contribution >= 0.6 is 11.6 Å². The Bertz CT molecular complexity index is 1030. The highest BCUT2D eigenvalue weighted by Gasteiger charge is 2.15. The summed E-state index contributed by atoms with van der Waals surface area (Å²) in [5.41, 5.74) is 3.05. The van der Waals surface area contributed by atoms with Gasteiger partial charge in [-0.05, 0) is 18.1 Å². The number of benzene rings is 2. The SMILES string of the molecule is Cc1nc(NCc2ccccc2)c2cnn(CC(Cl)c3ccccc3)c2n1. The van der Waals surface area contributed by atoms with Crippen molar-refractivity contribution in [3.8, 4) is 0 Å². The number of alkyl halides is 1. The van der Waals surface area contributed by atoms with Crippen LogP contribution in [0.5, 0.6) is 0 Å². The predicted molar refractivity (Wildman–Crippen MR) is 109 cm³/mol. The molecule has 0 saturated carbocycles. The summed E-state index contributed by atoms with van der Waals surface area (Å²) in [5.74, 6) is 1.49. The molecule has 0 radical (unpaired) electrons. The minimum Gasteiger partial charge on any atom is -0.365 e. The summed E-state index contributed by atoms with van der Waals surface area (Å²) in [6, 6.07) is 20.2. The first kappa shape index (κ1) is 17.5. The third kappa shape index (κ3) is 3.93. The number of nitrogens with one attached hydrogen (secondary N) is 1. The molecule has 1 atom stereocenters. The summed E-state index contributed by atoms with van der Waals surface area (Å²) < 4.78 is 1.85. The molecule has 1 N–H and O–H groups in total. The molecule has 1 unspecified atom stereocenters. The monoisotopic (exact) mass is 377 g/mol. The molecule has 0 aliphatic rings. The van der Waals surface area contributed by atoms with E-state index >= 15 is 0 Å². The topological polar surface area (TPSA) is 55.6 Å². The number of nitrogens with zero attached hydrogens (tertiary/aromatic N) is 4. The fourth-order valence-electron chi connectivity index (χ4n) is 3.03. The zero-order valence-electron chi connectivity index (χ0n) is 15.0. The summed E-state index contributed by atoms with van der Waals surface area (Å²) in [4.78, 5) is 9.15. The molecule has 5 nitrogen and oxygen atoms in total. The number of aromatic nitrogens is 4. The highest BCUT2D eigenvalue weighted by atomic mass is 35.5. The molecule has 0 spiro atoms. The molecule has 0 aliphatic carbocycles. The van der Waals surface area contributed by atoms with E-state index in [0.717, 1.165) is 22.4 Å². The van der Waals surface area contributed by atoms with Gasteiger partial charge in [0.15, 0.2) is 5.65 Å². The highest BCUT2D eigenvalue weighted by molar-refractivity contribution is 6.20. The second-order valence-corrected chi connectivity index (χ2v) is 6.93. The molecule has 0 amide bonds. The van der Waals surface area contributed by atoms with Crippen LogP contribution in [0, 0.1) is 6.92 Å². The molecule has 0 saturated heterocycles. The Morgan fingerprint density at radius 2 is 1.70 bits per heavy atom. The Kier molecular flexibility index (Phi) is 5.03. The zero-order valence-corrected chi connectivity index (χ0v) is 15.8. The van der Waals surface area contributed by atoms with Crippen LogP contribution in [0.3, 0.4) is 0 Å². The van der Waals surface area contributed by atoms with Crippen LogP contribution in [0.15, 0.2) is 66.9 Å². The molecule has 2 aromatic carbocycles. The minimum absolute atomic E-state index is 0.176. The zero-order chi connectivity index (χ0) is 18.6. The Balaban J connectivity index is 1.60. The van der Waals surface area contributed by atoms with Gasteiger partial charge in [0.05, 0.1) is 23.5 Å². The van der Waals surface area contributed by atoms with Gasteiger partial charge in [0.2, 0.25) is 0 Å². The summed E-state index contributed by atoms with van der Waals surface area (Å²) >= 11 is 6.60. The minimum atomic E-state index is -0.176. The van der Waals surface area contributed by atoms with Gasteiger partial charge < -0.3 is 5.32 Å². The van der Waals surface area contributed by atoms with Crippen molar-refractivity contribution in [1.29, 1.82) is 0 Å². The van der Waals surface area contributed by atoms with Crippen LogP contribution in [0.25, 0.3) is 11.0 Å². The van der Waals surface area contributed by atoms with Crippen molar-refractivity contribution >= 4 is 28.5 Å². The molecule has 0 bridgehead atoms. The van der Waals surface area contributed by atoms with Gasteiger partial charge in [-0.2, -0.15) is 5.10 Å². The van der Waals surface area contributed by atoms with Crippen molar-refractivity contribution in [2.75, 3.05) is 5.32 Å². The molecule has 4 rings (SSSR count). The second-order valence-electron chi connectivity index (χ2n) is 6.40. The van der Waals surface area contributed by atoms with Crippen molar-refractivity contribution in [2.24, 2.45) is 0 Å². The second kappa shape index (κ2) is 7.76. The number of hydrogen-bond donors (Lipinski definition) is 1. The molecule has 2 heterocycles. The first-order chi connectivity index (χ1) is 13.2. The Morgan fingerprint density at radius 1 is 1.00 bits per heavy atom. The van der Waals surface area contributed by atoms with Crippen molar-refractivity contribution < 1.29 is 0 Å². The van der Waals surface area contributed by atoms with E-state index in [-0.39, 0.29) is 5.38 Å². The van der Waals surface area contributed by atoms with E-state index in [4.69, 9.17) is 11.6 Å². The Labute approximate surface area is 163 Å². The lowest BCUT2D eigenvalue weighted by atomic mass is 10.1.